The topological polar surface area (TPSA) is 20.2 Å². The Bertz CT molecular complexity index is 50.0. The van der Waals surface area contributed by atoms with Crippen molar-refractivity contribution in [3.05, 3.63) is 0 Å². The summed E-state index contributed by atoms with van der Waals surface area (Å²) in [5, 5.41) is 8.55. The predicted molar refractivity (Wildman–Crippen MR) is 32.5 cm³/mol. The number of aliphatic hydroxyl groups excluding tert-OH is 1. The fourth-order valence-electron chi connectivity index (χ4n) is 0.727. The summed E-state index contributed by atoms with van der Waals surface area (Å²) in [5.41, 5.74) is 0. The van der Waals surface area contributed by atoms with Crippen LogP contribution in [0.25, 0.3) is 0 Å². The zero-order valence-corrected chi connectivity index (χ0v) is 5.08. The van der Waals surface area contributed by atoms with E-state index in [2.05, 4.69) is 0 Å². The molecule has 0 spiro atoms. The summed E-state index contributed by atoms with van der Waals surface area (Å²) < 4.78 is 0. The lowest BCUT2D eigenvalue weighted by Crippen LogP contribution is -2.02. The Hall–Kier alpha value is 0.310. The van der Waals surface area contributed by atoms with E-state index in [0.29, 0.717) is 12.5 Å². The molecule has 1 aliphatic heterocycles. The van der Waals surface area contributed by atoms with Gasteiger partial charge in [0.1, 0.15) is 0 Å². The molecule has 0 amide bonds. The van der Waals surface area contributed by atoms with Crippen molar-refractivity contribution in [3.63, 3.8) is 0 Å². The average molecular weight is 118 g/mol. The van der Waals surface area contributed by atoms with Gasteiger partial charge in [0.15, 0.2) is 0 Å². The lowest BCUT2D eigenvalue weighted by Gasteiger charge is -1.97. The summed E-state index contributed by atoms with van der Waals surface area (Å²) >= 11 is 1.95. The van der Waals surface area contributed by atoms with Crippen molar-refractivity contribution < 1.29 is 5.11 Å². The number of thioether (sulfide) groups is 1. The third-order valence-corrected chi connectivity index (χ3v) is 2.51. The quantitative estimate of drug-likeness (QED) is 0.548. The van der Waals surface area contributed by atoms with Crippen molar-refractivity contribution >= 4 is 11.8 Å². The maximum absolute atomic E-state index is 8.55. The first-order valence-corrected chi connectivity index (χ1v) is 3.77. The Labute approximate surface area is 48.1 Å². The van der Waals surface area contributed by atoms with E-state index in [-0.39, 0.29) is 0 Å². The molecule has 1 aliphatic rings. The molecular formula is C5H10OS. The van der Waals surface area contributed by atoms with Crippen molar-refractivity contribution in [2.45, 2.75) is 6.42 Å². The van der Waals surface area contributed by atoms with E-state index < -0.39 is 0 Å². The maximum Gasteiger partial charge on any atom is 0.0467 e. The first-order valence-electron chi connectivity index (χ1n) is 2.62. The first-order chi connectivity index (χ1) is 3.43. The Kier molecular flexibility index (Phi) is 2.00. The molecule has 1 N–H and O–H groups in total. The molecule has 0 aromatic heterocycles. The van der Waals surface area contributed by atoms with E-state index in [4.69, 9.17) is 5.11 Å². The van der Waals surface area contributed by atoms with Gasteiger partial charge in [-0.25, -0.2) is 0 Å². The first kappa shape index (κ1) is 5.45. The lowest BCUT2D eigenvalue weighted by atomic mass is 10.1. The highest BCUT2D eigenvalue weighted by Crippen LogP contribution is 2.22. The van der Waals surface area contributed by atoms with Crippen LogP contribution in [0.4, 0.5) is 0 Å². The van der Waals surface area contributed by atoms with Crippen LogP contribution in [0.15, 0.2) is 0 Å². The van der Waals surface area contributed by atoms with Gasteiger partial charge in [-0.15, -0.1) is 0 Å². The monoisotopic (exact) mass is 118 g/mol. The Morgan fingerprint density at radius 3 is 2.86 bits per heavy atom. The van der Waals surface area contributed by atoms with E-state index in [0.717, 1.165) is 0 Å². The smallest absolute Gasteiger partial charge is 0.0467 e. The van der Waals surface area contributed by atoms with Gasteiger partial charge >= 0.3 is 0 Å². The molecule has 0 aromatic rings. The van der Waals surface area contributed by atoms with E-state index in [1.54, 1.807) is 0 Å². The van der Waals surface area contributed by atoms with Gasteiger partial charge in [-0.1, -0.05) is 0 Å². The van der Waals surface area contributed by atoms with Gasteiger partial charge in [-0.3, -0.25) is 0 Å². The normalized spacial score (nSPS) is 31.3. The van der Waals surface area contributed by atoms with Gasteiger partial charge in [0, 0.05) is 6.61 Å². The summed E-state index contributed by atoms with van der Waals surface area (Å²) in [6.45, 7) is 0.396. The number of rotatable bonds is 1. The van der Waals surface area contributed by atoms with Crippen LogP contribution in [0.3, 0.4) is 0 Å². The molecule has 7 heavy (non-hydrogen) atoms. The number of hydrogen-bond donors (Lipinski definition) is 1. The fraction of sp³-hybridized carbons (Fsp3) is 1.00. The van der Waals surface area contributed by atoms with Crippen LogP contribution in [0, 0.1) is 5.92 Å². The molecule has 1 heterocycles. The molecule has 1 rings (SSSR count). The zero-order chi connectivity index (χ0) is 5.11. The summed E-state index contributed by atoms with van der Waals surface area (Å²) in [4.78, 5) is 0. The van der Waals surface area contributed by atoms with Crippen LogP contribution < -0.4 is 0 Å². The third-order valence-electron chi connectivity index (χ3n) is 1.28. The number of hydrogen-bond acceptors (Lipinski definition) is 2. The van der Waals surface area contributed by atoms with Crippen molar-refractivity contribution in [1.82, 2.24) is 0 Å². The molecule has 0 aromatic carbocycles. The number of aliphatic hydroxyl groups is 1. The van der Waals surface area contributed by atoms with E-state index in [1.807, 2.05) is 11.8 Å². The molecule has 42 valence electrons. The van der Waals surface area contributed by atoms with Crippen LogP contribution in [0.5, 0.6) is 0 Å². The summed E-state index contributed by atoms with van der Waals surface area (Å²) in [6, 6.07) is 0. The molecule has 1 saturated heterocycles. The molecule has 2 heteroatoms. The van der Waals surface area contributed by atoms with Crippen LogP contribution in [0.1, 0.15) is 6.42 Å². The van der Waals surface area contributed by atoms with Crippen molar-refractivity contribution in [3.8, 4) is 0 Å². The summed E-state index contributed by atoms with van der Waals surface area (Å²) in [7, 11) is 0. The molecule has 1 fully saturated rings. The Balaban J connectivity index is 2.14. The molecule has 0 radical (unpaired) electrons. The van der Waals surface area contributed by atoms with Gasteiger partial charge in [-0.05, 0) is 23.8 Å². The summed E-state index contributed by atoms with van der Waals surface area (Å²) in [5.74, 6) is 3.05. The fourth-order valence-corrected chi connectivity index (χ4v) is 2.00. The second kappa shape index (κ2) is 2.58. The van der Waals surface area contributed by atoms with E-state index >= 15 is 0 Å². The minimum absolute atomic E-state index is 0.396. The molecule has 1 nitrogen and oxygen atoms in total. The maximum atomic E-state index is 8.55. The van der Waals surface area contributed by atoms with Gasteiger partial charge in [-0.2, -0.15) is 11.8 Å². The molecule has 1 atom stereocenters. The van der Waals surface area contributed by atoms with Crippen molar-refractivity contribution in [1.29, 1.82) is 0 Å². The zero-order valence-electron chi connectivity index (χ0n) is 4.26. The summed E-state index contributed by atoms with van der Waals surface area (Å²) in [6.07, 6.45) is 1.22. The Morgan fingerprint density at radius 1 is 1.71 bits per heavy atom. The van der Waals surface area contributed by atoms with Gasteiger partial charge in [0.25, 0.3) is 0 Å². The average Bonchev–Trinajstić information content (AvgIpc) is 2.14. The second-order valence-electron chi connectivity index (χ2n) is 1.91. The second-order valence-corrected chi connectivity index (χ2v) is 3.06. The predicted octanol–water partition coefficient (Wildman–Crippen LogP) is 0.732. The largest absolute Gasteiger partial charge is 0.396 e. The molecular weight excluding hydrogens is 108 g/mol. The van der Waals surface area contributed by atoms with Gasteiger partial charge in [0.05, 0.1) is 0 Å². The van der Waals surface area contributed by atoms with Crippen LogP contribution in [-0.4, -0.2) is 23.2 Å². The van der Waals surface area contributed by atoms with Crippen LogP contribution in [-0.2, 0) is 0 Å². The van der Waals surface area contributed by atoms with E-state index in [1.165, 1.54) is 17.9 Å². The van der Waals surface area contributed by atoms with Crippen molar-refractivity contribution in [2.75, 3.05) is 18.1 Å². The lowest BCUT2D eigenvalue weighted by molar-refractivity contribution is 0.241. The standard InChI is InChI=1S/C5H10OS/c6-3-5-1-2-7-4-5/h5-6H,1-4H2/t5-/m0/s1. The highest BCUT2D eigenvalue weighted by Gasteiger charge is 2.12. The SMILES string of the molecule is OC[C@@H]1CCSC1. The third kappa shape index (κ3) is 1.35. The van der Waals surface area contributed by atoms with Gasteiger partial charge < -0.3 is 5.11 Å². The van der Waals surface area contributed by atoms with E-state index in [9.17, 15) is 0 Å². The highest BCUT2D eigenvalue weighted by atomic mass is 32.2. The minimum atomic E-state index is 0.396. The molecule has 0 unspecified atom stereocenters. The molecule has 0 bridgehead atoms. The van der Waals surface area contributed by atoms with Crippen LogP contribution in [0.2, 0.25) is 0 Å². The van der Waals surface area contributed by atoms with Crippen molar-refractivity contribution in [2.24, 2.45) is 5.92 Å². The Morgan fingerprint density at radius 2 is 2.57 bits per heavy atom. The molecule has 0 saturated carbocycles. The minimum Gasteiger partial charge on any atom is -0.396 e. The van der Waals surface area contributed by atoms with Gasteiger partial charge in [0.2, 0.25) is 0 Å². The highest BCUT2D eigenvalue weighted by molar-refractivity contribution is 7.99. The van der Waals surface area contributed by atoms with Crippen LogP contribution >= 0.6 is 11.8 Å². The molecule has 0 aliphatic carbocycles.